The predicted molar refractivity (Wildman–Crippen MR) is 105 cm³/mol. The average Bonchev–Trinajstić information content (AvgIpc) is 2.95. The van der Waals surface area contributed by atoms with Crippen LogP contribution in [0.25, 0.3) is 0 Å². The minimum absolute atomic E-state index is 0.167. The van der Waals surface area contributed by atoms with Crippen LogP contribution < -0.4 is 10.1 Å². The number of hydrogen-bond acceptors (Lipinski definition) is 3. The SMILES string of the molecule is CCNCCCc1cc(Cl)c2c(c1)CN(Cc1ccc(OC(F)(F)F)cc1)C2=O. The lowest BCUT2D eigenvalue weighted by Gasteiger charge is -2.16. The molecule has 0 saturated carbocycles. The molecule has 0 fully saturated rings. The summed E-state index contributed by atoms with van der Waals surface area (Å²) in [6.07, 6.45) is -2.88. The molecule has 0 spiro atoms. The van der Waals surface area contributed by atoms with Crippen molar-refractivity contribution in [2.45, 2.75) is 39.2 Å². The minimum Gasteiger partial charge on any atom is -0.406 e. The largest absolute Gasteiger partial charge is 0.573 e. The number of fused-ring (bicyclic) bond motifs is 1. The highest BCUT2D eigenvalue weighted by Crippen LogP contribution is 2.32. The molecule has 4 nitrogen and oxygen atoms in total. The van der Waals surface area contributed by atoms with Crippen molar-refractivity contribution in [1.82, 2.24) is 10.2 Å². The van der Waals surface area contributed by atoms with Gasteiger partial charge in [0.25, 0.3) is 5.91 Å². The molecule has 29 heavy (non-hydrogen) atoms. The molecule has 2 aromatic rings. The van der Waals surface area contributed by atoms with Crippen LogP contribution in [0.2, 0.25) is 5.02 Å². The molecular formula is C21H22ClF3N2O2. The van der Waals surface area contributed by atoms with E-state index in [-0.39, 0.29) is 18.2 Å². The lowest BCUT2D eigenvalue weighted by atomic mass is 10.0. The van der Waals surface area contributed by atoms with Gasteiger partial charge in [0.05, 0.1) is 10.6 Å². The minimum atomic E-state index is -4.73. The van der Waals surface area contributed by atoms with Gasteiger partial charge < -0.3 is 15.0 Å². The number of halogens is 4. The number of aryl methyl sites for hydroxylation is 1. The topological polar surface area (TPSA) is 41.6 Å². The number of hydrogen-bond donors (Lipinski definition) is 1. The van der Waals surface area contributed by atoms with Gasteiger partial charge in [-0.15, -0.1) is 13.2 Å². The Morgan fingerprint density at radius 3 is 2.55 bits per heavy atom. The van der Waals surface area contributed by atoms with E-state index in [1.807, 2.05) is 12.1 Å². The van der Waals surface area contributed by atoms with Crippen molar-refractivity contribution in [2.75, 3.05) is 13.1 Å². The quantitative estimate of drug-likeness (QED) is 0.608. The Morgan fingerprint density at radius 1 is 1.17 bits per heavy atom. The van der Waals surface area contributed by atoms with E-state index < -0.39 is 6.36 Å². The van der Waals surface area contributed by atoms with E-state index in [0.717, 1.165) is 37.1 Å². The number of carbonyl (C=O) groups excluding carboxylic acids is 1. The molecule has 1 amide bonds. The summed E-state index contributed by atoms with van der Waals surface area (Å²) in [5.74, 6) is -0.456. The molecule has 0 saturated heterocycles. The van der Waals surface area contributed by atoms with Gasteiger partial charge >= 0.3 is 6.36 Å². The Morgan fingerprint density at radius 2 is 1.90 bits per heavy atom. The molecule has 1 N–H and O–H groups in total. The Hall–Kier alpha value is -2.25. The highest BCUT2D eigenvalue weighted by molar-refractivity contribution is 6.34. The Bertz CT molecular complexity index is 869. The van der Waals surface area contributed by atoms with E-state index in [1.165, 1.54) is 24.3 Å². The van der Waals surface area contributed by atoms with Crippen LogP contribution in [0.1, 0.15) is 40.4 Å². The van der Waals surface area contributed by atoms with Crippen molar-refractivity contribution >= 4 is 17.5 Å². The monoisotopic (exact) mass is 426 g/mol. The van der Waals surface area contributed by atoms with Gasteiger partial charge in [0.2, 0.25) is 0 Å². The number of alkyl halides is 3. The normalized spacial score (nSPS) is 13.7. The summed E-state index contributed by atoms with van der Waals surface area (Å²) in [4.78, 5) is 14.4. The first-order valence-corrected chi connectivity index (χ1v) is 9.80. The summed E-state index contributed by atoms with van der Waals surface area (Å²) >= 11 is 6.37. The van der Waals surface area contributed by atoms with Crippen molar-refractivity contribution in [2.24, 2.45) is 0 Å². The molecule has 1 aliphatic heterocycles. The maximum Gasteiger partial charge on any atom is 0.573 e. The first kappa shape index (κ1) is 21.5. The maximum absolute atomic E-state index is 12.7. The zero-order valence-corrected chi connectivity index (χ0v) is 16.7. The molecule has 0 aromatic heterocycles. The summed E-state index contributed by atoms with van der Waals surface area (Å²) in [7, 11) is 0. The lowest BCUT2D eigenvalue weighted by molar-refractivity contribution is -0.274. The van der Waals surface area contributed by atoms with Crippen LogP contribution in [0.3, 0.4) is 0 Å². The van der Waals surface area contributed by atoms with Crippen molar-refractivity contribution in [3.63, 3.8) is 0 Å². The summed E-state index contributed by atoms with van der Waals surface area (Å²) in [6, 6.07) is 9.39. The van der Waals surface area contributed by atoms with Gasteiger partial charge in [-0.1, -0.05) is 36.7 Å². The molecule has 0 atom stereocenters. The molecule has 8 heteroatoms. The van der Waals surface area contributed by atoms with Crippen molar-refractivity contribution in [1.29, 1.82) is 0 Å². The van der Waals surface area contributed by atoms with E-state index in [4.69, 9.17) is 11.6 Å². The second kappa shape index (κ2) is 9.05. The summed E-state index contributed by atoms with van der Waals surface area (Å²) in [5.41, 5.74) is 3.20. The van der Waals surface area contributed by atoms with Crippen LogP contribution in [-0.4, -0.2) is 30.3 Å². The molecule has 0 aliphatic carbocycles. The molecule has 0 radical (unpaired) electrons. The standard InChI is InChI=1S/C21H22ClF3N2O2/c1-2-26-9-3-4-15-10-16-13-27(20(28)19(16)18(22)11-15)12-14-5-7-17(8-6-14)29-21(23,24)25/h5-8,10-11,26H,2-4,9,12-13H2,1H3. The third-order valence-electron chi connectivity index (χ3n) is 4.69. The molecule has 0 bridgehead atoms. The molecule has 1 aliphatic rings. The third kappa shape index (κ3) is 5.64. The van der Waals surface area contributed by atoms with Crippen LogP contribution in [-0.2, 0) is 19.5 Å². The fourth-order valence-corrected chi connectivity index (χ4v) is 3.75. The van der Waals surface area contributed by atoms with E-state index in [9.17, 15) is 18.0 Å². The zero-order valence-electron chi connectivity index (χ0n) is 16.0. The lowest BCUT2D eigenvalue weighted by Crippen LogP contribution is -2.23. The van der Waals surface area contributed by atoms with Gasteiger partial charge in [-0.05, 0) is 60.8 Å². The second-order valence-electron chi connectivity index (χ2n) is 6.92. The predicted octanol–water partition coefficient (Wildman–Crippen LogP) is 4.94. The van der Waals surface area contributed by atoms with Crippen LogP contribution in [0.4, 0.5) is 13.2 Å². The summed E-state index contributed by atoms with van der Waals surface area (Å²) < 4.78 is 40.7. The van der Waals surface area contributed by atoms with Crippen LogP contribution in [0.5, 0.6) is 5.75 Å². The third-order valence-corrected chi connectivity index (χ3v) is 4.99. The number of amides is 1. The van der Waals surface area contributed by atoms with Gasteiger partial charge in [-0.3, -0.25) is 4.79 Å². The molecule has 0 unspecified atom stereocenters. The zero-order chi connectivity index (χ0) is 21.0. The summed E-state index contributed by atoms with van der Waals surface area (Å²) in [6.45, 7) is 4.62. The fourth-order valence-electron chi connectivity index (χ4n) is 3.41. The van der Waals surface area contributed by atoms with Crippen LogP contribution in [0.15, 0.2) is 36.4 Å². The van der Waals surface area contributed by atoms with Crippen LogP contribution in [0, 0.1) is 0 Å². The molecule has 3 rings (SSSR count). The van der Waals surface area contributed by atoms with Gasteiger partial charge in [-0.2, -0.15) is 0 Å². The smallest absolute Gasteiger partial charge is 0.406 e. The number of benzene rings is 2. The summed E-state index contributed by atoms with van der Waals surface area (Å²) in [5, 5.41) is 3.72. The molecule has 1 heterocycles. The van der Waals surface area contributed by atoms with Gasteiger partial charge in [0.15, 0.2) is 0 Å². The highest BCUT2D eigenvalue weighted by Gasteiger charge is 2.32. The van der Waals surface area contributed by atoms with Crippen molar-refractivity contribution in [3.8, 4) is 5.75 Å². The van der Waals surface area contributed by atoms with Crippen molar-refractivity contribution in [3.05, 3.63) is 63.7 Å². The van der Waals surface area contributed by atoms with E-state index in [1.54, 1.807) is 4.90 Å². The Kier molecular flexibility index (Phi) is 6.70. The Labute approximate surface area is 172 Å². The maximum atomic E-state index is 12.7. The molecular weight excluding hydrogens is 405 g/mol. The molecule has 156 valence electrons. The fraction of sp³-hybridized carbons (Fsp3) is 0.381. The number of nitrogens with zero attached hydrogens (tertiary/aromatic N) is 1. The first-order chi connectivity index (χ1) is 13.8. The van der Waals surface area contributed by atoms with E-state index in [2.05, 4.69) is 17.0 Å². The second-order valence-corrected chi connectivity index (χ2v) is 7.33. The first-order valence-electron chi connectivity index (χ1n) is 9.43. The highest BCUT2D eigenvalue weighted by atomic mass is 35.5. The van der Waals surface area contributed by atoms with Gasteiger partial charge in [-0.25, -0.2) is 0 Å². The van der Waals surface area contributed by atoms with Crippen molar-refractivity contribution < 1.29 is 22.7 Å². The van der Waals surface area contributed by atoms with Gasteiger partial charge in [0, 0.05) is 13.1 Å². The van der Waals surface area contributed by atoms with Crippen LogP contribution >= 0.6 is 11.6 Å². The Balaban J connectivity index is 1.66. The van der Waals surface area contributed by atoms with Gasteiger partial charge in [0.1, 0.15) is 5.75 Å². The number of carbonyl (C=O) groups is 1. The average molecular weight is 427 g/mol. The molecule has 2 aromatic carbocycles. The van der Waals surface area contributed by atoms with E-state index >= 15 is 0 Å². The van der Waals surface area contributed by atoms with E-state index in [0.29, 0.717) is 22.7 Å². The number of rotatable bonds is 8. The number of ether oxygens (including phenoxy) is 1. The number of nitrogens with one attached hydrogen (secondary N) is 1.